The molecule has 0 aromatic carbocycles. The first-order chi connectivity index (χ1) is 15.1. The van der Waals surface area contributed by atoms with E-state index >= 15 is 0 Å². The zero-order valence-corrected chi connectivity index (χ0v) is 18.6. The summed E-state index contributed by atoms with van der Waals surface area (Å²) in [6, 6.07) is 0. The topological polar surface area (TPSA) is 127 Å². The summed E-state index contributed by atoms with van der Waals surface area (Å²) < 4.78 is 0. The molecule has 0 N–H and O–H groups in total. The Bertz CT molecular complexity index is 772. The molecule has 176 valence electrons. The molecule has 0 aromatic heterocycles. The van der Waals surface area contributed by atoms with E-state index in [4.69, 9.17) is 9.68 Å². The van der Waals surface area contributed by atoms with E-state index in [1.54, 1.807) is 0 Å². The van der Waals surface area contributed by atoms with E-state index < -0.39 is 29.7 Å². The van der Waals surface area contributed by atoms with Crippen molar-refractivity contribution in [3.05, 3.63) is 12.3 Å². The molecule has 2 saturated heterocycles. The van der Waals surface area contributed by atoms with Gasteiger partial charge in [0.25, 0.3) is 17.7 Å². The predicted octanol–water partition coefficient (Wildman–Crippen LogP) is 2.37. The van der Waals surface area contributed by atoms with Gasteiger partial charge in [0, 0.05) is 38.5 Å². The van der Waals surface area contributed by atoms with Crippen LogP contribution in [0.5, 0.6) is 0 Å². The van der Waals surface area contributed by atoms with Gasteiger partial charge in [-0.2, -0.15) is 0 Å². The maximum Gasteiger partial charge on any atom is 0.336 e. The lowest BCUT2D eigenvalue weighted by molar-refractivity contribution is -0.197. The molecule has 2 aliphatic rings. The van der Waals surface area contributed by atoms with Crippen LogP contribution >= 0.6 is 0 Å². The van der Waals surface area contributed by atoms with Crippen LogP contribution in [-0.2, 0) is 38.4 Å². The zero-order chi connectivity index (χ0) is 23.8. The SMILES string of the molecule is C=C1CCC(=O)N1OC(=O)[C@@H](CC(=O)CCCCC(=O)ON1C(=O)CCC1=O)CC(C)C. The average Bonchev–Trinajstić information content (AvgIpc) is 3.20. The Hall–Kier alpha value is -3.04. The third-order valence-electron chi connectivity index (χ3n) is 5.17. The molecule has 0 bridgehead atoms. The van der Waals surface area contributed by atoms with Crippen LogP contribution in [-0.4, -0.2) is 45.6 Å². The summed E-state index contributed by atoms with van der Waals surface area (Å²) in [5.74, 6) is -3.45. The molecule has 2 heterocycles. The van der Waals surface area contributed by atoms with Gasteiger partial charge >= 0.3 is 11.9 Å². The van der Waals surface area contributed by atoms with Crippen molar-refractivity contribution in [1.29, 1.82) is 0 Å². The molecule has 0 unspecified atom stereocenters. The Morgan fingerprint density at radius 3 is 2.00 bits per heavy atom. The predicted molar refractivity (Wildman–Crippen MR) is 110 cm³/mol. The van der Waals surface area contributed by atoms with Gasteiger partial charge < -0.3 is 9.68 Å². The minimum Gasteiger partial charge on any atom is -0.333 e. The average molecular weight is 450 g/mol. The molecule has 0 aromatic rings. The summed E-state index contributed by atoms with van der Waals surface area (Å²) in [5, 5.41) is 1.41. The second kappa shape index (κ2) is 11.5. The number of imide groups is 1. The van der Waals surface area contributed by atoms with Crippen LogP contribution in [0.25, 0.3) is 0 Å². The fourth-order valence-electron chi connectivity index (χ4n) is 3.52. The number of amides is 3. The summed E-state index contributed by atoms with van der Waals surface area (Å²) in [6.07, 6.45) is 1.98. The van der Waals surface area contributed by atoms with Crippen molar-refractivity contribution < 1.29 is 38.4 Å². The smallest absolute Gasteiger partial charge is 0.333 e. The van der Waals surface area contributed by atoms with Crippen molar-refractivity contribution in [2.45, 2.75) is 78.1 Å². The number of nitrogens with zero attached hydrogens (tertiary/aromatic N) is 2. The largest absolute Gasteiger partial charge is 0.336 e. The Balaban J connectivity index is 1.75. The molecule has 1 atom stereocenters. The van der Waals surface area contributed by atoms with Crippen molar-refractivity contribution in [3.63, 3.8) is 0 Å². The van der Waals surface area contributed by atoms with Crippen LogP contribution < -0.4 is 0 Å². The van der Waals surface area contributed by atoms with Crippen molar-refractivity contribution >= 4 is 35.4 Å². The van der Waals surface area contributed by atoms with Crippen molar-refractivity contribution in [1.82, 2.24) is 10.1 Å². The number of hydroxylamine groups is 4. The lowest BCUT2D eigenvalue weighted by Crippen LogP contribution is -2.32. The number of hydrogen-bond acceptors (Lipinski definition) is 8. The monoisotopic (exact) mass is 450 g/mol. The van der Waals surface area contributed by atoms with E-state index in [1.165, 1.54) is 0 Å². The molecule has 2 fully saturated rings. The summed E-state index contributed by atoms with van der Waals surface area (Å²) in [5.41, 5.74) is 0.419. The normalized spacial score (nSPS) is 17.3. The number of allylic oxidation sites excluding steroid dienone is 1. The number of rotatable bonds is 12. The quantitative estimate of drug-likeness (QED) is 0.327. The summed E-state index contributed by atoms with van der Waals surface area (Å²) in [7, 11) is 0. The van der Waals surface area contributed by atoms with Gasteiger partial charge in [0.05, 0.1) is 11.6 Å². The summed E-state index contributed by atoms with van der Waals surface area (Å²) in [6.45, 7) is 7.55. The molecule has 3 amide bonds. The minimum absolute atomic E-state index is 0.0211. The second-order valence-electron chi connectivity index (χ2n) is 8.49. The number of Topliss-reactive ketones (excluding diaryl/α,β-unsaturated/α-hetero) is 1. The number of carbonyl (C=O) groups excluding carboxylic acids is 6. The summed E-state index contributed by atoms with van der Waals surface area (Å²) in [4.78, 5) is 81.4. The highest BCUT2D eigenvalue weighted by atomic mass is 16.7. The zero-order valence-electron chi connectivity index (χ0n) is 18.6. The first-order valence-electron chi connectivity index (χ1n) is 10.9. The Labute approximate surface area is 186 Å². The van der Waals surface area contributed by atoms with Gasteiger partial charge in [0.15, 0.2) is 0 Å². The fourth-order valence-corrected chi connectivity index (χ4v) is 3.52. The molecule has 0 spiro atoms. The van der Waals surface area contributed by atoms with Crippen molar-refractivity contribution in [2.75, 3.05) is 0 Å². The van der Waals surface area contributed by atoms with E-state index in [-0.39, 0.29) is 56.1 Å². The number of ketones is 1. The van der Waals surface area contributed by atoms with Crippen LogP contribution in [0, 0.1) is 11.8 Å². The van der Waals surface area contributed by atoms with E-state index in [2.05, 4.69) is 6.58 Å². The van der Waals surface area contributed by atoms with Crippen LogP contribution in [0.3, 0.4) is 0 Å². The third kappa shape index (κ3) is 7.28. The Kier molecular flexibility index (Phi) is 9.10. The van der Waals surface area contributed by atoms with E-state index in [1.807, 2.05) is 13.8 Å². The standard InChI is InChI=1S/C22H30N2O8/c1-14(2)12-16(22(30)32-23-15(3)8-9-18(23)26)13-17(25)6-4-5-7-21(29)31-24-19(27)10-11-20(24)28/h14,16H,3-13H2,1-2H3/t16-/m1/s1. The molecule has 32 heavy (non-hydrogen) atoms. The molecule has 2 aliphatic heterocycles. The molecule has 0 saturated carbocycles. The van der Waals surface area contributed by atoms with Crippen molar-refractivity contribution in [2.24, 2.45) is 11.8 Å². The Morgan fingerprint density at radius 1 is 0.875 bits per heavy atom. The first kappa shape index (κ1) is 25.2. The van der Waals surface area contributed by atoms with Crippen LogP contribution in [0.1, 0.15) is 78.1 Å². The van der Waals surface area contributed by atoms with Gasteiger partial charge in [0.1, 0.15) is 5.78 Å². The molecule has 10 heteroatoms. The Morgan fingerprint density at radius 2 is 1.44 bits per heavy atom. The lowest BCUT2D eigenvalue weighted by atomic mass is 9.91. The van der Waals surface area contributed by atoms with E-state index in [0.717, 1.165) is 5.06 Å². The number of hydrogen-bond donors (Lipinski definition) is 0. The molecule has 0 radical (unpaired) electrons. The van der Waals surface area contributed by atoms with Gasteiger partial charge in [-0.3, -0.25) is 19.2 Å². The van der Waals surface area contributed by atoms with Crippen LogP contribution in [0.15, 0.2) is 12.3 Å². The molecular weight excluding hydrogens is 420 g/mol. The maximum absolute atomic E-state index is 12.6. The maximum atomic E-state index is 12.6. The highest BCUT2D eigenvalue weighted by molar-refractivity contribution is 6.01. The number of unbranched alkanes of at least 4 members (excludes halogenated alkanes) is 1. The van der Waals surface area contributed by atoms with Crippen molar-refractivity contribution in [3.8, 4) is 0 Å². The van der Waals surface area contributed by atoms with Gasteiger partial charge in [-0.15, -0.1) is 10.1 Å². The summed E-state index contributed by atoms with van der Waals surface area (Å²) >= 11 is 0. The number of carbonyl (C=O) groups is 6. The minimum atomic E-state index is -0.710. The fraction of sp³-hybridized carbons (Fsp3) is 0.636. The van der Waals surface area contributed by atoms with Crippen LogP contribution in [0.2, 0.25) is 0 Å². The second-order valence-corrected chi connectivity index (χ2v) is 8.49. The lowest BCUT2D eigenvalue weighted by Gasteiger charge is -2.21. The highest BCUT2D eigenvalue weighted by Gasteiger charge is 2.33. The molecule has 2 rings (SSSR count). The van der Waals surface area contributed by atoms with E-state index in [0.29, 0.717) is 36.4 Å². The van der Waals surface area contributed by atoms with E-state index in [9.17, 15) is 28.8 Å². The van der Waals surface area contributed by atoms with Gasteiger partial charge in [-0.25, -0.2) is 9.59 Å². The molecular formula is C22H30N2O8. The highest BCUT2D eigenvalue weighted by Crippen LogP contribution is 2.25. The van der Waals surface area contributed by atoms with Crippen LogP contribution in [0.4, 0.5) is 0 Å². The molecule has 10 nitrogen and oxygen atoms in total. The van der Waals surface area contributed by atoms with Gasteiger partial charge in [0.2, 0.25) is 0 Å². The first-order valence-corrected chi connectivity index (χ1v) is 10.9. The molecule has 0 aliphatic carbocycles. The van der Waals surface area contributed by atoms with Gasteiger partial charge in [-0.1, -0.05) is 20.4 Å². The third-order valence-corrected chi connectivity index (χ3v) is 5.17. The van der Waals surface area contributed by atoms with Gasteiger partial charge in [-0.05, 0) is 31.6 Å².